The Morgan fingerprint density at radius 2 is 2.31 bits per heavy atom. The lowest BCUT2D eigenvalue weighted by Crippen LogP contribution is -2.10. The van der Waals surface area contributed by atoms with Crippen molar-refractivity contribution in [2.24, 2.45) is 7.05 Å². The largest absolute Gasteiger partial charge is 0.338 e. The van der Waals surface area contributed by atoms with Crippen LogP contribution in [0.15, 0.2) is 24.5 Å². The molecule has 2 heterocycles. The number of hydrogen-bond acceptors (Lipinski definition) is 2. The third-order valence-corrected chi connectivity index (χ3v) is 2.88. The first-order chi connectivity index (χ1) is 7.59. The second-order valence-electron chi connectivity index (χ2n) is 3.63. The van der Waals surface area contributed by atoms with E-state index in [9.17, 15) is 4.79 Å². The number of Topliss-reactive ketones (excluding diaryl/α,β-unsaturated/α-hetero) is 1. The molecular weight excluding hydrogens is 226 g/mol. The highest BCUT2D eigenvalue weighted by Gasteiger charge is 2.09. The molecule has 2 rings (SSSR count). The summed E-state index contributed by atoms with van der Waals surface area (Å²) in [5, 5.41) is 0.589. The summed E-state index contributed by atoms with van der Waals surface area (Å²) in [6.45, 7) is 2.10. The van der Waals surface area contributed by atoms with Gasteiger partial charge in [0.25, 0.3) is 0 Å². The number of ketones is 1. The summed E-state index contributed by atoms with van der Waals surface area (Å²) < 4.78 is 3.66. The molecule has 4 nitrogen and oxygen atoms in total. The van der Waals surface area contributed by atoms with Gasteiger partial charge in [0.1, 0.15) is 11.0 Å². The normalized spacial score (nSPS) is 10.7. The van der Waals surface area contributed by atoms with Crippen molar-refractivity contribution in [2.45, 2.75) is 13.5 Å². The van der Waals surface area contributed by atoms with Crippen LogP contribution in [0, 0.1) is 0 Å². The summed E-state index contributed by atoms with van der Waals surface area (Å²) in [5.74, 6) is 0.869. The van der Waals surface area contributed by atoms with E-state index in [1.54, 1.807) is 23.8 Å². The molecule has 0 aromatic carbocycles. The average molecular weight is 238 g/mol. The van der Waals surface area contributed by atoms with E-state index < -0.39 is 0 Å². The fraction of sp³-hybridized carbons (Fsp3) is 0.273. The maximum Gasteiger partial charge on any atom is 0.176 e. The predicted octanol–water partition coefficient (Wildman–Crippen LogP) is 2.13. The fourth-order valence-electron chi connectivity index (χ4n) is 1.60. The first kappa shape index (κ1) is 11.0. The zero-order valence-corrected chi connectivity index (χ0v) is 9.90. The molecule has 2 aromatic rings. The van der Waals surface area contributed by atoms with Crippen molar-refractivity contribution in [3.05, 3.63) is 41.2 Å². The molecule has 0 fully saturated rings. The summed E-state index contributed by atoms with van der Waals surface area (Å²) in [4.78, 5) is 15.5. The lowest BCUT2D eigenvalue weighted by molar-refractivity contribution is 0.100. The smallest absolute Gasteiger partial charge is 0.176 e. The molecule has 84 valence electrons. The summed E-state index contributed by atoms with van der Waals surface area (Å²) in [6, 6.07) is 3.65. The van der Waals surface area contributed by atoms with Crippen molar-refractivity contribution in [3.8, 4) is 0 Å². The molecule has 0 amide bonds. The molecule has 0 aliphatic heterocycles. The van der Waals surface area contributed by atoms with Crippen molar-refractivity contribution in [1.29, 1.82) is 0 Å². The predicted molar refractivity (Wildman–Crippen MR) is 61.8 cm³/mol. The Kier molecular flexibility index (Phi) is 2.83. The Hall–Kier alpha value is -1.55. The highest BCUT2D eigenvalue weighted by molar-refractivity contribution is 6.29. The third-order valence-electron chi connectivity index (χ3n) is 2.53. The molecule has 0 saturated heterocycles. The number of carbonyl (C=O) groups is 1. The van der Waals surface area contributed by atoms with Gasteiger partial charge in [-0.25, -0.2) is 4.98 Å². The van der Waals surface area contributed by atoms with Gasteiger partial charge < -0.3 is 9.13 Å². The van der Waals surface area contributed by atoms with Gasteiger partial charge in [-0.15, -0.1) is 0 Å². The van der Waals surface area contributed by atoms with Crippen LogP contribution in [0.25, 0.3) is 0 Å². The van der Waals surface area contributed by atoms with Crippen LogP contribution in [0.1, 0.15) is 23.2 Å². The zero-order valence-electron chi connectivity index (χ0n) is 9.14. The SMILES string of the molecule is CC(=O)c1cccn1Cc1ncc(Cl)n1C. The van der Waals surface area contributed by atoms with Gasteiger partial charge in [0, 0.05) is 20.2 Å². The van der Waals surface area contributed by atoms with E-state index in [2.05, 4.69) is 4.98 Å². The molecule has 0 atom stereocenters. The van der Waals surface area contributed by atoms with Gasteiger partial charge in [0.2, 0.25) is 0 Å². The Morgan fingerprint density at radius 1 is 1.56 bits per heavy atom. The number of nitrogens with zero attached hydrogens (tertiary/aromatic N) is 3. The van der Waals surface area contributed by atoms with E-state index >= 15 is 0 Å². The molecule has 16 heavy (non-hydrogen) atoms. The maximum atomic E-state index is 11.3. The van der Waals surface area contributed by atoms with Crippen LogP contribution in [0.2, 0.25) is 5.15 Å². The molecule has 0 unspecified atom stereocenters. The molecule has 2 aromatic heterocycles. The van der Waals surface area contributed by atoms with Crippen LogP contribution in [0.5, 0.6) is 0 Å². The first-order valence-corrected chi connectivity index (χ1v) is 5.29. The molecular formula is C11H12ClN3O. The average Bonchev–Trinajstić information content (AvgIpc) is 2.80. The second kappa shape index (κ2) is 4.14. The first-order valence-electron chi connectivity index (χ1n) is 4.91. The Bertz CT molecular complexity index is 527. The van der Waals surface area contributed by atoms with Crippen molar-refractivity contribution in [3.63, 3.8) is 0 Å². The Labute approximate surface area is 98.5 Å². The van der Waals surface area contributed by atoms with Crippen LogP contribution in [-0.4, -0.2) is 19.9 Å². The van der Waals surface area contributed by atoms with E-state index in [-0.39, 0.29) is 5.78 Å². The number of rotatable bonds is 3. The van der Waals surface area contributed by atoms with Gasteiger partial charge >= 0.3 is 0 Å². The van der Waals surface area contributed by atoms with Gasteiger partial charge in [0.05, 0.1) is 18.4 Å². The summed E-state index contributed by atoms with van der Waals surface area (Å²) in [5.41, 5.74) is 0.680. The number of imidazole rings is 1. The summed E-state index contributed by atoms with van der Waals surface area (Å²) in [7, 11) is 1.85. The van der Waals surface area contributed by atoms with Gasteiger partial charge in [-0.3, -0.25) is 4.79 Å². The van der Waals surface area contributed by atoms with E-state index in [1.807, 2.05) is 23.9 Å². The van der Waals surface area contributed by atoms with E-state index in [0.29, 0.717) is 17.4 Å². The van der Waals surface area contributed by atoms with Crippen LogP contribution >= 0.6 is 11.6 Å². The number of halogens is 1. The van der Waals surface area contributed by atoms with E-state index in [1.165, 1.54) is 0 Å². The molecule has 0 bridgehead atoms. The fourth-order valence-corrected chi connectivity index (χ4v) is 1.74. The van der Waals surface area contributed by atoms with Crippen molar-refractivity contribution >= 4 is 17.4 Å². The minimum absolute atomic E-state index is 0.0466. The van der Waals surface area contributed by atoms with E-state index in [4.69, 9.17) is 11.6 Å². The summed E-state index contributed by atoms with van der Waals surface area (Å²) >= 11 is 5.90. The van der Waals surface area contributed by atoms with Crippen LogP contribution in [0.3, 0.4) is 0 Å². The minimum Gasteiger partial charge on any atom is -0.338 e. The maximum absolute atomic E-state index is 11.3. The standard InChI is InChI=1S/C11H12ClN3O/c1-8(16)9-4-3-5-15(9)7-11-13-6-10(12)14(11)2/h3-6H,7H2,1-2H3. The topological polar surface area (TPSA) is 39.8 Å². The highest BCUT2D eigenvalue weighted by atomic mass is 35.5. The second-order valence-corrected chi connectivity index (χ2v) is 4.02. The van der Waals surface area contributed by atoms with Gasteiger partial charge in [-0.05, 0) is 12.1 Å². The quantitative estimate of drug-likeness (QED) is 0.768. The van der Waals surface area contributed by atoms with Crippen LogP contribution in [0.4, 0.5) is 0 Å². The molecule has 0 saturated carbocycles. The van der Waals surface area contributed by atoms with Crippen molar-refractivity contribution in [2.75, 3.05) is 0 Å². The molecule has 0 spiro atoms. The minimum atomic E-state index is 0.0466. The van der Waals surface area contributed by atoms with E-state index in [0.717, 1.165) is 5.82 Å². The lowest BCUT2D eigenvalue weighted by atomic mass is 10.3. The molecule has 0 N–H and O–H groups in total. The number of carbonyl (C=O) groups excluding carboxylic acids is 1. The number of aromatic nitrogens is 3. The van der Waals surface area contributed by atoms with Crippen LogP contribution < -0.4 is 0 Å². The highest BCUT2D eigenvalue weighted by Crippen LogP contribution is 2.12. The van der Waals surface area contributed by atoms with Gasteiger partial charge in [-0.1, -0.05) is 11.6 Å². The lowest BCUT2D eigenvalue weighted by Gasteiger charge is -2.07. The Morgan fingerprint density at radius 3 is 2.88 bits per heavy atom. The molecule has 0 aliphatic rings. The van der Waals surface area contributed by atoms with Crippen molar-refractivity contribution < 1.29 is 4.79 Å². The zero-order chi connectivity index (χ0) is 11.7. The third kappa shape index (κ3) is 1.88. The molecule has 0 aliphatic carbocycles. The Balaban J connectivity index is 2.30. The summed E-state index contributed by atoms with van der Waals surface area (Å²) in [6.07, 6.45) is 3.47. The van der Waals surface area contributed by atoms with Crippen molar-refractivity contribution in [1.82, 2.24) is 14.1 Å². The number of hydrogen-bond donors (Lipinski definition) is 0. The molecule has 0 radical (unpaired) electrons. The molecule has 5 heteroatoms. The monoisotopic (exact) mass is 237 g/mol. The van der Waals surface area contributed by atoms with Crippen LogP contribution in [-0.2, 0) is 13.6 Å². The van der Waals surface area contributed by atoms with Gasteiger partial charge in [-0.2, -0.15) is 0 Å². The van der Waals surface area contributed by atoms with Gasteiger partial charge in [0.15, 0.2) is 5.78 Å².